The monoisotopic (exact) mass is 281 g/mol. The van der Waals surface area contributed by atoms with Gasteiger partial charge in [0.25, 0.3) is 0 Å². The summed E-state index contributed by atoms with van der Waals surface area (Å²) in [5.74, 6) is 0.224. The van der Waals surface area contributed by atoms with Crippen LogP contribution in [0.4, 0.5) is 10.1 Å². The Hall–Kier alpha value is -1.82. The highest BCUT2D eigenvalue weighted by molar-refractivity contribution is 5.97. The molecule has 0 aromatic heterocycles. The standard InChI is InChI=1S/C14H20FN3O2/c1-18(6-7-20-9-10-2-3-10)13-5-4-11(8-12(13)15)14(16)17-19/h4-5,8,10,19H,2-3,6-7,9H2,1H3,(H2,16,17). The molecule has 1 aromatic rings. The predicted molar refractivity (Wildman–Crippen MR) is 75.7 cm³/mol. The highest BCUT2D eigenvalue weighted by atomic mass is 19.1. The molecule has 20 heavy (non-hydrogen) atoms. The van der Waals surface area contributed by atoms with Crippen molar-refractivity contribution < 1.29 is 14.3 Å². The number of ether oxygens (including phenoxy) is 1. The molecule has 1 aliphatic rings. The second-order valence-corrected chi connectivity index (χ2v) is 5.09. The molecule has 5 nitrogen and oxygen atoms in total. The van der Waals surface area contributed by atoms with E-state index in [2.05, 4.69) is 5.16 Å². The van der Waals surface area contributed by atoms with Crippen molar-refractivity contribution in [2.75, 3.05) is 31.7 Å². The lowest BCUT2D eigenvalue weighted by atomic mass is 10.1. The third-order valence-corrected chi connectivity index (χ3v) is 3.38. The van der Waals surface area contributed by atoms with Gasteiger partial charge in [0.1, 0.15) is 5.82 Å². The number of nitrogens with two attached hydrogens (primary N) is 1. The number of halogens is 1. The largest absolute Gasteiger partial charge is 0.409 e. The number of likely N-dealkylation sites (N-methyl/N-ethyl adjacent to an activating group) is 1. The van der Waals surface area contributed by atoms with E-state index in [1.54, 1.807) is 17.0 Å². The third-order valence-electron chi connectivity index (χ3n) is 3.38. The second-order valence-electron chi connectivity index (χ2n) is 5.09. The summed E-state index contributed by atoms with van der Waals surface area (Å²) in [7, 11) is 1.81. The van der Waals surface area contributed by atoms with E-state index in [1.807, 2.05) is 7.05 Å². The van der Waals surface area contributed by atoms with Gasteiger partial charge < -0.3 is 20.6 Å². The maximum atomic E-state index is 14.0. The molecular formula is C14H20FN3O2. The topological polar surface area (TPSA) is 71.1 Å². The summed E-state index contributed by atoms with van der Waals surface area (Å²) in [4.78, 5) is 1.79. The molecule has 1 fully saturated rings. The van der Waals surface area contributed by atoms with Crippen LogP contribution in [0.5, 0.6) is 0 Å². The summed E-state index contributed by atoms with van der Waals surface area (Å²) in [5.41, 5.74) is 6.24. The minimum atomic E-state index is -0.404. The lowest BCUT2D eigenvalue weighted by Gasteiger charge is -2.20. The minimum Gasteiger partial charge on any atom is -0.409 e. The first-order valence-electron chi connectivity index (χ1n) is 6.68. The SMILES string of the molecule is CN(CCOCC1CC1)c1ccc(/C(N)=N/O)cc1F. The summed E-state index contributed by atoms with van der Waals surface area (Å²) >= 11 is 0. The van der Waals surface area contributed by atoms with E-state index in [1.165, 1.54) is 18.9 Å². The van der Waals surface area contributed by atoms with Gasteiger partial charge in [-0.3, -0.25) is 0 Å². The number of oxime groups is 1. The van der Waals surface area contributed by atoms with E-state index in [9.17, 15) is 4.39 Å². The molecule has 0 saturated heterocycles. The van der Waals surface area contributed by atoms with E-state index < -0.39 is 5.82 Å². The lowest BCUT2D eigenvalue weighted by Crippen LogP contribution is -2.24. The Morgan fingerprint density at radius 1 is 1.55 bits per heavy atom. The van der Waals surface area contributed by atoms with Crippen LogP contribution in [0.1, 0.15) is 18.4 Å². The van der Waals surface area contributed by atoms with Crippen molar-refractivity contribution in [3.8, 4) is 0 Å². The maximum absolute atomic E-state index is 14.0. The molecule has 6 heteroatoms. The molecule has 0 spiro atoms. The number of benzene rings is 1. The summed E-state index contributed by atoms with van der Waals surface area (Å²) in [6.07, 6.45) is 2.53. The number of anilines is 1. The van der Waals surface area contributed by atoms with E-state index in [4.69, 9.17) is 15.7 Å². The van der Waals surface area contributed by atoms with E-state index in [-0.39, 0.29) is 5.84 Å². The van der Waals surface area contributed by atoms with E-state index >= 15 is 0 Å². The van der Waals surface area contributed by atoms with Gasteiger partial charge in [0.05, 0.1) is 12.3 Å². The third kappa shape index (κ3) is 3.84. The summed E-state index contributed by atoms with van der Waals surface area (Å²) < 4.78 is 19.5. The fraction of sp³-hybridized carbons (Fsp3) is 0.500. The Morgan fingerprint density at radius 3 is 2.90 bits per heavy atom. The average molecular weight is 281 g/mol. The van der Waals surface area contributed by atoms with Crippen molar-refractivity contribution in [3.63, 3.8) is 0 Å². The zero-order valence-corrected chi connectivity index (χ0v) is 11.6. The molecule has 110 valence electrons. The fourth-order valence-corrected chi connectivity index (χ4v) is 1.89. The smallest absolute Gasteiger partial charge is 0.170 e. The van der Waals surface area contributed by atoms with Crippen LogP contribution in [-0.2, 0) is 4.74 Å². The molecule has 2 rings (SSSR count). The molecule has 0 aliphatic heterocycles. The van der Waals surface area contributed by atoms with Crippen LogP contribution in [0.3, 0.4) is 0 Å². The average Bonchev–Trinajstić information content (AvgIpc) is 3.26. The normalized spacial score (nSPS) is 15.4. The van der Waals surface area contributed by atoms with Crippen LogP contribution in [0.25, 0.3) is 0 Å². The number of amidine groups is 1. The molecule has 0 unspecified atom stereocenters. The Balaban J connectivity index is 1.89. The summed E-state index contributed by atoms with van der Waals surface area (Å²) in [6, 6.07) is 4.49. The van der Waals surface area contributed by atoms with Gasteiger partial charge in [0, 0.05) is 25.8 Å². The first-order valence-corrected chi connectivity index (χ1v) is 6.68. The first kappa shape index (κ1) is 14.6. The lowest BCUT2D eigenvalue weighted by molar-refractivity contribution is 0.131. The first-order chi connectivity index (χ1) is 9.61. The molecule has 1 aromatic carbocycles. The van der Waals surface area contributed by atoms with Crippen molar-refractivity contribution in [2.45, 2.75) is 12.8 Å². The molecule has 1 aliphatic carbocycles. The van der Waals surface area contributed by atoms with Crippen molar-refractivity contribution in [1.29, 1.82) is 0 Å². The van der Waals surface area contributed by atoms with Crippen LogP contribution >= 0.6 is 0 Å². The van der Waals surface area contributed by atoms with Gasteiger partial charge in [-0.15, -0.1) is 0 Å². The number of hydrogen-bond donors (Lipinski definition) is 2. The van der Waals surface area contributed by atoms with Gasteiger partial charge in [-0.25, -0.2) is 4.39 Å². The van der Waals surface area contributed by atoms with Crippen LogP contribution in [0.2, 0.25) is 0 Å². The van der Waals surface area contributed by atoms with E-state index in [0.717, 1.165) is 12.5 Å². The number of rotatable bonds is 7. The molecule has 0 heterocycles. The van der Waals surface area contributed by atoms with Crippen molar-refractivity contribution in [1.82, 2.24) is 0 Å². The van der Waals surface area contributed by atoms with Crippen molar-refractivity contribution >= 4 is 11.5 Å². The number of nitrogens with zero attached hydrogens (tertiary/aromatic N) is 2. The summed E-state index contributed by atoms with van der Waals surface area (Å²) in [6.45, 7) is 2.00. The Morgan fingerprint density at radius 2 is 2.30 bits per heavy atom. The minimum absolute atomic E-state index is 0.106. The predicted octanol–water partition coefficient (Wildman–Crippen LogP) is 1.78. The maximum Gasteiger partial charge on any atom is 0.170 e. The van der Waals surface area contributed by atoms with Crippen LogP contribution in [0.15, 0.2) is 23.4 Å². The fourth-order valence-electron chi connectivity index (χ4n) is 1.89. The zero-order valence-electron chi connectivity index (χ0n) is 11.6. The van der Waals surface area contributed by atoms with Gasteiger partial charge in [-0.1, -0.05) is 5.16 Å². The van der Waals surface area contributed by atoms with Crippen LogP contribution < -0.4 is 10.6 Å². The molecule has 0 amide bonds. The Kier molecular flexibility index (Phi) is 4.79. The zero-order chi connectivity index (χ0) is 14.5. The van der Waals surface area contributed by atoms with Gasteiger partial charge >= 0.3 is 0 Å². The van der Waals surface area contributed by atoms with Crippen LogP contribution in [0, 0.1) is 11.7 Å². The van der Waals surface area contributed by atoms with Gasteiger partial charge in [0.15, 0.2) is 5.84 Å². The quantitative estimate of drug-likeness (QED) is 0.263. The molecule has 0 atom stereocenters. The molecule has 0 bridgehead atoms. The van der Waals surface area contributed by atoms with Gasteiger partial charge in [-0.2, -0.15) is 0 Å². The summed E-state index contributed by atoms with van der Waals surface area (Å²) in [5, 5.41) is 11.4. The molecule has 1 saturated carbocycles. The van der Waals surface area contributed by atoms with Crippen molar-refractivity contribution in [3.05, 3.63) is 29.6 Å². The molecular weight excluding hydrogens is 261 g/mol. The van der Waals surface area contributed by atoms with Crippen LogP contribution in [-0.4, -0.2) is 37.8 Å². The van der Waals surface area contributed by atoms with Gasteiger partial charge in [-0.05, 0) is 37.0 Å². The Labute approximate surface area is 117 Å². The molecule has 3 N–H and O–H groups in total. The number of hydrogen-bond acceptors (Lipinski definition) is 4. The van der Waals surface area contributed by atoms with Crippen molar-refractivity contribution in [2.24, 2.45) is 16.8 Å². The highest BCUT2D eigenvalue weighted by Gasteiger charge is 2.21. The van der Waals surface area contributed by atoms with Gasteiger partial charge in [0.2, 0.25) is 0 Å². The van der Waals surface area contributed by atoms with E-state index in [0.29, 0.717) is 24.4 Å². The second kappa shape index (κ2) is 6.56. The highest BCUT2D eigenvalue weighted by Crippen LogP contribution is 2.28. The molecule has 0 radical (unpaired) electrons. The Bertz CT molecular complexity index is 489.